The van der Waals surface area contributed by atoms with Crippen molar-refractivity contribution in [1.29, 1.82) is 0 Å². The summed E-state index contributed by atoms with van der Waals surface area (Å²) in [6.45, 7) is 8.51. The minimum atomic E-state index is -0.452. The predicted octanol–water partition coefficient (Wildman–Crippen LogP) is 1.68. The summed E-state index contributed by atoms with van der Waals surface area (Å²) < 4.78 is 0. The first-order chi connectivity index (χ1) is 9.29. The third kappa shape index (κ3) is 5.34. The van der Waals surface area contributed by atoms with E-state index in [1.807, 2.05) is 6.92 Å². The molecule has 20 heavy (non-hydrogen) atoms. The number of rotatable bonds is 7. The topological polar surface area (TPSA) is 100 Å². The maximum Gasteiger partial charge on any atom is 0.265 e. The van der Waals surface area contributed by atoms with Crippen LogP contribution in [0.25, 0.3) is 0 Å². The summed E-state index contributed by atoms with van der Waals surface area (Å²) in [5.74, 6) is 0.484. The summed E-state index contributed by atoms with van der Waals surface area (Å²) in [6, 6.07) is -0.115. The summed E-state index contributed by atoms with van der Waals surface area (Å²) in [6.07, 6.45) is 0.0514. The van der Waals surface area contributed by atoms with Crippen LogP contribution in [-0.4, -0.2) is 34.7 Å². The number of hydrogen-bond donors (Lipinski definition) is 4. The average Bonchev–Trinajstić information content (AvgIpc) is 2.66. The molecule has 5 N–H and O–H groups in total. The summed E-state index contributed by atoms with van der Waals surface area (Å²) in [4.78, 5) is 16.6. The van der Waals surface area contributed by atoms with Crippen molar-refractivity contribution in [2.45, 2.75) is 46.3 Å². The van der Waals surface area contributed by atoms with Gasteiger partial charge in [-0.15, -0.1) is 0 Å². The first-order valence-corrected chi connectivity index (χ1v) is 7.60. The van der Waals surface area contributed by atoms with Gasteiger partial charge >= 0.3 is 0 Å². The van der Waals surface area contributed by atoms with Crippen LogP contribution in [0.2, 0.25) is 0 Å². The Balaban J connectivity index is 2.64. The number of hydrogen-bond acceptors (Lipinski definition) is 6. The molecule has 0 saturated carbocycles. The fourth-order valence-electron chi connectivity index (χ4n) is 1.72. The minimum absolute atomic E-state index is 0.115. The molecule has 7 heteroatoms. The highest BCUT2D eigenvalue weighted by molar-refractivity contribution is 7.18. The van der Waals surface area contributed by atoms with Gasteiger partial charge in [-0.1, -0.05) is 25.2 Å². The van der Waals surface area contributed by atoms with E-state index in [4.69, 9.17) is 5.73 Å². The number of nitrogens with one attached hydrogen (secondary N) is 2. The number of aliphatic hydroxyl groups excluding tert-OH is 1. The zero-order valence-electron chi connectivity index (χ0n) is 12.4. The van der Waals surface area contributed by atoms with Gasteiger partial charge in [0.05, 0.1) is 6.10 Å². The first kappa shape index (κ1) is 16.7. The number of nitrogens with two attached hydrogens (primary N) is 1. The van der Waals surface area contributed by atoms with Gasteiger partial charge in [0.1, 0.15) is 10.7 Å². The van der Waals surface area contributed by atoms with Crippen LogP contribution in [0.5, 0.6) is 0 Å². The Hall–Kier alpha value is -1.34. The number of anilines is 2. The Kier molecular flexibility index (Phi) is 6.22. The molecule has 0 saturated heterocycles. The molecular weight excluding hydrogens is 276 g/mol. The highest BCUT2D eigenvalue weighted by atomic mass is 32.1. The number of aromatic nitrogens is 1. The molecule has 0 aliphatic heterocycles. The standard InChI is InChI=1S/C13H24N4O2S/c1-7(2)6-15-13-17-11(14)10(20-13)12(19)16-8(3)5-9(4)18/h7-9,18H,5-6,14H2,1-4H3,(H,15,17)(H,16,19). The molecule has 1 aromatic rings. The Bertz CT molecular complexity index is 446. The number of nitrogens with zero attached hydrogens (tertiary/aromatic N) is 1. The molecule has 0 aliphatic carbocycles. The molecule has 0 aromatic carbocycles. The maximum atomic E-state index is 12.1. The molecule has 1 amide bonds. The van der Waals surface area contributed by atoms with Crippen LogP contribution in [0.4, 0.5) is 10.9 Å². The SMILES string of the molecule is CC(C)CNc1nc(N)c(C(=O)NC(C)CC(C)O)s1. The van der Waals surface area contributed by atoms with Crippen molar-refractivity contribution in [2.75, 3.05) is 17.6 Å². The van der Waals surface area contributed by atoms with E-state index in [2.05, 4.69) is 29.5 Å². The van der Waals surface area contributed by atoms with Gasteiger partial charge in [-0.2, -0.15) is 0 Å². The molecule has 1 heterocycles. The van der Waals surface area contributed by atoms with Gasteiger partial charge in [0.15, 0.2) is 5.13 Å². The van der Waals surface area contributed by atoms with E-state index in [0.29, 0.717) is 22.3 Å². The van der Waals surface area contributed by atoms with Crippen LogP contribution in [-0.2, 0) is 0 Å². The van der Waals surface area contributed by atoms with Crippen molar-refractivity contribution >= 4 is 28.2 Å². The number of carbonyl (C=O) groups excluding carboxylic acids is 1. The second-order valence-electron chi connectivity index (χ2n) is 5.47. The first-order valence-electron chi connectivity index (χ1n) is 6.78. The van der Waals surface area contributed by atoms with Gasteiger partial charge in [-0.05, 0) is 26.2 Å². The van der Waals surface area contributed by atoms with Crippen LogP contribution >= 0.6 is 11.3 Å². The lowest BCUT2D eigenvalue weighted by Crippen LogP contribution is -2.34. The number of amides is 1. The van der Waals surface area contributed by atoms with Gasteiger partial charge < -0.3 is 21.5 Å². The number of nitrogen functional groups attached to an aromatic ring is 1. The molecule has 1 rings (SSSR count). The predicted molar refractivity (Wildman–Crippen MR) is 83.1 cm³/mol. The van der Waals surface area contributed by atoms with Crippen molar-refractivity contribution in [3.63, 3.8) is 0 Å². The Labute approximate surface area is 123 Å². The average molecular weight is 300 g/mol. The lowest BCUT2D eigenvalue weighted by molar-refractivity contribution is 0.0928. The van der Waals surface area contributed by atoms with Crippen molar-refractivity contribution in [3.05, 3.63) is 4.88 Å². The zero-order valence-corrected chi connectivity index (χ0v) is 13.3. The molecule has 2 unspecified atom stereocenters. The fraction of sp³-hybridized carbons (Fsp3) is 0.692. The minimum Gasteiger partial charge on any atom is -0.393 e. The van der Waals surface area contributed by atoms with E-state index in [-0.39, 0.29) is 17.8 Å². The largest absolute Gasteiger partial charge is 0.393 e. The monoisotopic (exact) mass is 300 g/mol. The zero-order chi connectivity index (χ0) is 15.3. The van der Waals surface area contributed by atoms with Gasteiger partial charge in [0.2, 0.25) is 0 Å². The van der Waals surface area contributed by atoms with E-state index < -0.39 is 6.10 Å². The van der Waals surface area contributed by atoms with Crippen molar-refractivity contribution in [1.82, 2.24) is 10.3 Å². The molecule has 6 nitrogen and oxygen atoms in total. The third-order valence-corrected chi connectivity index (χ3v) is 3.62. The highest BCUT2D eigenvalue weighted by Crippen LogP contribution is 2.25. The fourth-order valence-corrected chi connectivity index (χ4v) is 2.52. The molecule has 0 spiro atoms. The maximum absolute atomic E-state index is 12.1. The van der Waals surface area contributed by atoms with E-state index in [1.54, 1.807) is 6.92 Å². The van der Waals surface area contributed by atoms with Crippen molar-refractivity contribution in [2.24, 2.45) is 5.92 Å². The highest BCUT2D eigenvalue weighted by Gasteiger charge is 2.18. The second kappa shape index (κ2) is 7.44. The normalized spacial score (nSPS) is 14.1. The summed E-state index contributed by atoms with van der Waals surface area (Å²) >= 11 is 1.25. The Morgan fingerprint density at radius 3 is 2.60 bits per heavy atom. The quantitative estimate of drug-likeness (QED) is 0.614. The number of carbonyl (C=O) groups is 1. The lowest BCUT2D eigenvalue weighted by atomic mass is 10.1. The van der Waals surface area contributed by atoms with Crippen LogP contribution in [0, 0.1) is 5.92 Å². The van der Waals surface area contributed by atoms with Gasteiger partial charge in [-0.25, -0.2) is 4.98 Å². The Morgan fingerprint density at radius 2 is 2.05 bits per heavy atom. The van der Waals surface area contributed by atoms with E-state index >= 15 is 0 Å². The van der Waals surface area contributed by atoms with E-state index in [0.717, 1.165) is 6.54 Å². The summed E-state index contributed by atoms with van der Waals surface area (Å²) in [5.41, 5.74) is 5.77. The third-order valence-electron chi connectivity index (χ3n) is 2.59. The van der Waals surface area contributed by atoms with Crippen LogP contribution in [0.15, 0.2) is 0 Å². The smallest absolute Gasteiger partial charge is 0.265 e. The van der Waals surface area contributed by atoms with Crippen LogP contribution < -0.4 is 16.4 Å². The number of aliphatic hydroxyl groups is 1. The molecule has 1 aromatic heterocycles. The molecule has 0 aliphatic rings. The lowest BCUT2D eigenvalue weighted by Gasteiger charge is -2.14. The van der Waals surface area contributed by atoms with E-state index in [9.17, 15) is 9.90 Å². The summed E-state index contributed by atoms with van der Waals surface area (Å²) in [5, 5.41) is 15.9. The van der Waals surface area contributed by atoms with Crippen LogP contribution in [0.3, 0.4) is 0 Å². The molecule has 0 bridgehead atoms. The Morgan fingerprint density at radius 1 is 1.40 bits per heavy atom. The molecule has 2 atom stereocenters. The van der Waals surface area contributed by atoms with Gasteiger partial charge in [-0.3, -0.25) is 4.79 Å². The second-order valence-corrected chi connectivity index (χ2v) is 6.47. The molecule has 114 valence electrons. The number of thiazole rings is 1. The summed E-state index contributed by atoms with van der Waals surface area (Å²) in [7, 11) is 0. The van der Waals surface area contributed by atoms with Gasteiger partial charge in [0, 0.05) is 12.6 Å². The van der Waals surface area contributed by atoms with Crippen LogP contribution in [0.1, 0.15) is 43.8 Å². The van der Waals surface area contributed by atoms with E-state index in [1.165, 1.54) is 11.3 Å². The van der Waals surface area contributed by atoms with Crippen molar-refractivity contribution in [3.8, 4) is 0 Å². The van der Waals surface area contributed by atoms with Gasteiger partial charge in [0.25, 0.3) is 5.91 Å². The molecule has 0 radical (unpaired) electrons. The van der Waals surface area contributed by atoms with Crippen molar-refractivity contribution < 1.29 is 9.90 Å². The molecule has 0 fully saturated rings. The molecular formula is C13H24N4O2S.